The Morgan fingerprint density at radius 1 is 1.24 bits per heavy atom. The molecular formula is C24H31N5. The highest BCUT2D eigenvalue weighted by Gasteiger charge is 2.42. The molecule has 3 fully saturated rings. The summed E-state index contributed by atoms with van der Waals surface area (Å²) in [4.78, 5) is 9.79. The van der Waals surface area contributed by atoms with Gasteiger partial charge in [-0.2, -0.15) is 5.26 Å². The van der Waals surface area contributed by atoms with E-state index in [0.29, 0.717) is 16.9 Å². The zero-order chi connectivity index (χ0) is 19.8. The number of anilines is 1. The molecular weight excluding hydrogens is 358 g/mol. The summed E-state index contributed by atoms with van der Waals surface area (Å²) in [7, 11) is 0. The lowest BCUT2D eigenvalue weighted by atomic mass is 9.86. The molecule has 3 aliphatic heterocycles. The van der Waals surface area contributed by atoms with Gasteiger partial charge in [0, 0.05) is 50.0 Å². The Balaban J connectivity index is 1.35. The molecule has 2 aromatic rings. The first kappa shape index (κ1) is 18.8. The van der Waals surface area contributed by atoms with Crippen LogP contribution in [0.15, 0.2) is 30.5 Å². The normalized spacial score (nSPS) is 29.9. The molecule has 4 heterocycles. The third-order valence-corrected chi connectivity index (χ3v) is 7.65. The number of aromatic nitrogens is 1. The number of hydrogen-bond donors (Lipinski definition) is 1. The average molecular weight is 390 g/mol. The molecule has 0 aliphatic carbocycles. The Hall–Kier alpha value is -2.16. The van der Waals surface area contributed by atoms with Crippen LogP contribution in [-0.4, -0.2) is 55.7 Å². The van der Waals surface area contributed by atoms with Crippen molar-refractivity contribution in [2.24, 2.45) is 17.3 Å². The van der Waals surface area contributed by atoms with Crippen LogP contribution in [0.25, 0.3) is 10.9 Å². The number of hydrogen-bond acceptors (Lipinski definition) is 5. The zero-order valence-corrected chi connectivity index (χ0v) is 17.4. The highest BCUT2D eigenvalue weighted by molar-refractivity contribution is 5.95. The van der Waals surface area contributed by atoms with Gasteiger partial charge >= 0.3 is 0 Å². The van der Waals surface area contributed by atoms with Crippen molar-refractivity contribution in [1.82, 2.24) is 15.2 Å². The van der Waals surface area contributed by atoms with Gasteiger partial charge in [0.1, 0.15) is 6.07 Å². The summed E-state index contributed by atoms with van der Waals surface area (Å²) in [6, 6.07) is 10.5. The van der Waals surface area contributed by atoms with Crippen molar-refractivity contribution in [2.75, 3.05) is 50.7 Å². The topological polar surface area (TPSA) is 55.2 Å². The third kappa shape index (κ3) is 3.39. The van der Waals surface area contributed by atoms with Gasteiger partial charge in [-0.25, -0.2) is 0 Å². The molecule has 0 radical (unpaired) electrons. The minimum absolute atomic E-state index is 0.551. The van der Waals surface area contributed by atoms with Gasteiger partial charge in [0.05, 0.1) is 11.1 Å². The molecule has 5 heteroatoms. The maximum atomic E-state index is 9.45. The lowest BCUT2D eigenvalue weighted by Crippen LogP contribution is -2.34. The number of pyridine rings is 1. The second-order valence-electron chi connectivity index (χ2n) is 9.39. The van der Waals surface area contributed by atoms with Gasteiger partial charge in [-0.05, 0) is 67.4 Å². The zero-order valence-electron chi connectivity index (χ0n) is 17.4. The van der Waals surface area contributed by atoms with Crippen LogP contribution in [0.4, 0.5) is 5.69 Å². The molecule has 3 atom stereocenters. The average Bonchev–Trinajstić information content (AvgIpc) is 3.48. The quantitative estimate of drug-likeness (QED) is 0.870. The molecule has 3 unspecified atom stereocenters. The molecule has 0 bridgehead atoms. The smallest absolute Gasteiger partial charge is 0.101 e. The molecule has 3 saturated heterocycles. The molecule has 1 spiro atoms. The number of nitriles is 1. The molecule has 1 N–H and O–H groups in total. The summed E-state index contributed by atoms with van der Waals surface area (Å²) >= 11 is 0. The number of fused-ring (bicyclic) bond motifs is 1. The minimum atomic E-state index is 0.551. The van der Waals surface area contributed by atoms with E-state index < -0.39 is 0 Å². The largest absolute Gasteiger partial charge is 0.370 e. The van der Waals surface area contributed by atoms with Crippen LogP contribution in [-0.2, 0) is 0 Å². The van der Waals surface area contributed by atoms with Crippen molar-refractivity contribution in [3.05, 3.63) is 36.0 Å². The fourth-order valence-electron chi connectivity index (χ4n) is 5.99. The van der Waals surface area contributed by atoms with Crippen LogP contribution in [0.5, 0.6) is 0 Å². The maximum Gasteiger partial charge on any atom is 0.101 e. The van der Waals surface area contributed by atoms with Gasteiger partial charge in [-0.3, -0.25) is 4.98 Å². The Labute approximate surface area is 173 Å². The fourth-order valence-corrected chi connectivity index (χ4v) is 5.99. The molecule has 0 saturated carbocycles. The van der Waals surface area contributed by atoms with E-state index in [2.05, 4.69) is 45.2 Å². The van der Waals surface area contributed by atoms with E-state index in [-0.39, 0.29) is 0 Å². The fraction of sp³-hybridized carbons (Fsp3) is 0.583. The standard InChI is InChI=1S/C24H31N5/c1-2-18-14-29(22-6-5-19(12-25)23-21(22)4-3-9-27-23)15-20(18)13-28-11-8-24(17-28)7-10-26-16-24/h3-6,9,18,20,26H,2,7-8,10-11,13-17H2,1H3. The van der Waals surface area contributed by atoms with Crippen molar-refractivity contribution < 1.29 is 0 Å². The van der Waals surface area contributed by atoms with E-state index >= 15 is 0 Å². The second-order valence-corrected chi connectivity index (χ2v) is 9.39. The van der Waals surface area contributed by atoms with Gasteiger partial charge in [-0.1, -0.05) is 13.3 Å². The summed E-state index contributed by atoms with van der Waals surface area (Å²) in [5, 5.41) is 14.1. The monoisotopic (exact) mass is 389 g/mol. The lowest BCUT2D eigenvalue weighted by molar-refractivity contribution is 0.222. The van der Waals surface area contributed by atoms with E-state index in [9.17, 15) is 5.26 Å². The molecule has 5 rings (SSSR count). The second kappa shape index (κ2) is 7.59. The number of likely N-dealkylation sites (tertiary alicyclic amines) is 1. The minimum Gasteiger partial charge on any atom is -0.370 e. The van der Waals surface area contributed by atoms with Gasteiger partial charge in [0.15, 0.2) is 0 Å². The summed E-state index contributed by atoms with van der Waals surface area (Å²) in [5.74, 6) is 1.45. The van der Waals surface area contributed by atoms with Crippen LogP contribution in [0, 0.1) is 28.6 Å². The van der Waals surface area contributed by atoms with E-state index in [1.165, 1.54) is 57.7 Å². The van der Waals surface area contributed by atoms with Crippen molar-refractivity contribution in [3.8, 4) is 6.07 Å². The van der Waals surface area contributed by atoms with E-state index in [4.69, 9.17) is 0 Å². The summed E-state index contributed by atoms with van der Waals surface area (Å²) < 4.78 is 0. The molecule has 0 amide bonds. The Morgan fingerprint density at radius 2 is 2.14 bits per heavy atom. The van der Waals surface area contributed by atoms with Gasteiger partial charge in [0.2, 0.25) is 0 Å². The van der Waals surface area contributed by atoms with Gasteiger partial charge < -0.3 is 15.1 Å². The van der Waals surface area contributed by atoms with Gasteiger partial charge in [-0.15, -0.1) is 0 Å². The molecule has 1 aromatic carbocycles. The summed E-state index contributed by atoms with van der Waals surface area (Å²) in [6.07, 6.45) is 5.73. The maximum absolute atomic E-state index is 9.45. The molecule has 152 valence electrons. The van der Waals surface area contributed by atoms with Crippen molar-refractivity contribution in [2.45, 2.75) is 26.2 Å². The molecule has 1 aromatic heterocycles. The van der Waals surface area contributed by atoms with Crippen LogP contribution in [0.3, 0.4) is 0 Å². The summed E-state index contributed by atoms with van der Waals surface area (Å²) in [6.45, 7) is 10.7. The predicted molar refractivity (Wildman–Crippen MR) is 117 cm³/mol. The first-order chi connectivity index (χ1) is 14.2. The number of rotatable bonds is 4. The highest BCUT2D eigenvalue weighted by atomic mass is 15.2. The third-order valence-electron chi connectivity index (χ3n) is 7.65. The van der Waals surface area contributed by atoms with E-state index in [0.717, 1.165) is 29.9 Å². The molecule has 29 heavy (non-hydrogen) atoms. The first-order valence-electron chi connectivity index (χ1n) is 11.2. The van der Waals surface area contributed by atoms with Crippen molar-refractivity contribution in [1.29, 1.82) is 5.26 Å². The van der Waals surface area contributed by atoms with Crippen LogP contribution < -0.4 is 10.2 Å². The number of nitrogens with one attached hydrogen (secondary N) is 1. The Kier molecular flexibility index (Phi) is 4.93. The van der Waals surface area contributed by atoms with Crippen molar-refractivity contribution in [3.63, 3.8) is 0 Å². The first-order valence-corrected chi connectivity index (χ1v) is 11.2. The van der Waals surface area contributed by atoms with E-state index in [1.807, 2.05) is 12.1 Å². The van der Waals surface area contributed by atoms with Crippen LogP contribution >= 0.6 is 0 Å². The van der Waals surface area contributed by atoms with Crippen LogP contribution in [0.1, 0.15) is 31.7 Å². The van der Waals surface area contributed by atoms with Crippen molar-refractivity contribution >= 4 is 16.6 Å². The number of nitrogens with zero attached hydrogens (tertiary/aromatic N) is 4. The van der Waals surface area contributed by atoms with Gasteiger partial charge in [0.25, 0.3) is 0 Å². The summed E-state index contributed by atoms with van der Waals surface area (Å²) in [5.41, 5.74) is 3.29. The Morgan fingerprint density at radius 3 is 2.93 bits per heavy atom. The van der Waals surface area contributed by atoms with Crippen LogP contribution in [0.2, 0.25) is 0 Å². The molecule has 5 nitrogen and oxygen atoms in total. The van der Waals surface area contributed by atoms with E-state index in [1.54, 1.807) is 6.20 Å². The number of benzene rings is 1. The highest BCUT2D eigenvalue weighted by Crippen LogP contribution is 2.39. The Bertz CT molecular complexity index is 927. The predicted octanol–water partition coefficient (Wildman–Crippen LogP) is 3.25. The SMILES string of the molecule is CCC1CN(c2ccc(C#N)c3ncccc23)CC1CN1CCC2(CCNC2)C1. The lowest BCUT2D eigenvalue weighted by Gasteiger charge is -2.26. The molecule has 3 aliphatic rings.